The maximum atomic E-state index is 10.6. The number of nitro groups is 1. The van der Waals surface area contributed by atoms with E-state index in [2.05, 4.69) is 4.98 Å². The van der Waals surface area contributed by atoms with Crippen molar-refractivity contribution in [2.75, 3.05) is 5.73 Å². The van der Waals surface area contributed by atoms with E-state index >= 15 is 0 Å². The van der Waals surface area contributed by atoms with Crippen LogP contribution in [-0.2, 0) is 0 Å². The number of nitrogen functional groups attached to an aromatic ring is 1. The average Bonchev–Trinajstić information content (AvgIpc) is 2.30. The number of nitrogens with zero attached hydrogens (tertiary/aromatic N) is 2. The molecule has 0 atom stereocenters. The summed E-state index contributed by atoms with van der Waals surface area (Å²) >= 11 is 0. The van der Waals surface area contributed by atoms with Crippen LogP contribution in [0.5, 0.6) is 0 Å². The van der Waals surface area contributed by atoms with Gasteiger partial charge in [0.1, 0.15) is 12.0 Å². The van der Waals surface area contributed by atoms with E-state index in [1.165, 1.54) is 6.07 Å². The summed E-state index contributed by atoms with van der Waals surface area (Å²) in [6.07, 6.45) is 1.15. The molecule has 5 nitrogen and oxygen atoms in total. The summed E-state index contributed by atoms with van der Waals surface area (Å²) in [5.41, 5.74) is 7.02. The van der Waals surface area contributed by atoms with Crippen LogP contribution in [0.15, 0.2) is 42.6 Å². The van der Waals surface area contributed by atoms with Gasteiger partial charge < -0.3 is 5.73 Å². The van der Waals surface area contributed by atoms with Gasteiger partial charge in [-0.2, -0.15) is 0 Å². The number of pyridine rings is 1. The first-order chi connectivity index (χ1) is 7.68. The van der Waals surface area contributed by atoms with Crippen molar-refractivity contribution in [3.63, 3.8) is 0 Å². The molecule has 1 aromatic carbocycles. The third-order valence-electron chi connectivity index (χ3n) is 2.20. The predicted molar refractivity (Wildman–Crippen MR) is 60.7 cm³/mol. The molecule has 0 aliphatic heterocycles. The number of rotatable bonds is 2. The molecule has 80 valence electrons. The minimum atomic E-state index is -0.487. The SMILES string of the molecule is Nc1ncc([N+](=O)[O-])cc1-c1ccccc1. The van der Waals surface area contributed by atoms with Gasteiger partial charge >= 0.3 is 0 Å². The number of hydrogen-bond donors (Lipinski definition) is 1. The fourth-order valence-electron chi connectivity index (χ4n) is 1.41. The zero-order chi connectivity index (χ0) is 11.5. The van der Waals surface area contributed by atoms with Crippen LogP contribution < -0.4 is 5.73 Å². The van der Waals surface area contributed by atoms with Crippen LogP contribution in [0.2, 0.25) is 0 Å². The van der Waals surface area contributed by atoms with E-state index in [0.29, 0.717) is 5.56 Å². The van der Waals surface area contributed by atoms with Crippen molar-refractivity contribution >= 4 is 11.5 Å². The van der Waals surface area contributed by atoms with Crippen LogP contribution in [0.3, 0.4) is 0 Å². The molecule has 0 unspecified atom stereocenters. The van der Waals surface area contributed by atoms with Gasteiger partial charge in [-0.3, -0.25) is 10.1 Å². The monoisotopic (exact) mass is 215 g/mol. The minimum absolute atomic E-state index is 0.0620. The fourth-order valence-corrected chi connectivity index (χ4v) is 1.41. The standard InChI is InChI=1S/C11H9N3O2/c12-11-10(8-4-2-1-3-5-8)6-9(7-13-11)14(15)16/h1-7H,(H2,12,13). The van der Waals surface area contributed by atoms with Gasteiger partial charge in [0.2, 0.25) is 0 Å². The number of nitrogens with two attached hydrogens (primary N) is 1. The summed E-state index contributed by atoms with van der Waals surface area (Å²) in [5, 5.41) is 10.6. The highest BCUT2D eigenvalue weighted by molar-refractivity contribution is 5.75. The van der Waals surface area contributed by atoms with E-state index in [1.807, 2.05) is 30.3 Å². The van der Waals surface area contributed by atoms with Crippen molar-refractivity contribution < 1.29 is 4.92 Å². The van der Waals surface area contributed by atoms with Crippen LogP contribution in [0.1, 0.15) is 0 Å². The van der Waals surface area contributed by atoms with Crippen molar-refractivity contribution in [3.8, 4) is 11.1 Å². The Morgan fingerprint density at radius 1 is 1.25 bits per heavy atom. The van der Waals surface area contributed by atoms with E-state index < -0.39 is 4.92 Å². The Balaban J connectivity index is 2.56. The molecule has 2 aromatic rings. The predicted octanol–water partition coefficient (Wildman–Crippen LogP) is 2.24. The van der Waals surface area contributed by atoms with Gasteiger partial charge in [0.15, 0.2) is 0 Å². The second-order valence-electron chi connectivity index (χ2n) is 3.25. The number of benzene rings is 1. The lowest BCUT2D eigenvalue weighted by molar-refractivity contribution is -0.385. The first kappa shape index (κ1) is 10.1. The molecule has 16 heavy (non-hydrogen) atoms. The molecule has 0 fully saturated rings. The van der Waals surface area contributed by atoms with Gasteiger partial charge in [0, 0.05) is 11.6 Å². The van der Waals surface area contributed by atoms with Crippen LogP contribution in [0.25, 0.3) is 11.1 Å². The highest BCUT2D eigenvalue weighted by atomic mass is 16.6. The summed E-state index contributed by atoms with van der Waals surface area (Å²) in [7, 11) is 0. The van der Waals surface area contributed by atoms with Crippen molar-refractivity contribution in [3.05, 3.63) is 52.7 Å². The van der Waals surface area contributed by atoms with Crippen LogP contribution in [0.4, 0.5) is 11.5 Å². The van der Waals surface area contributed by atoms with Gasteiger partial charge in [0.05, 0.1) is 4.92 Å². The topological polar surface area (TPSA) is 82.0 Å². The van der Waals surface area contributed by atoms with Gasteiger partial charge in [-0.1, -0.05) is 30.3 Å². The van der Waals surface area contributed by atoms with Gasteiger partial charge in [-0.25, -0.2) is 4.98 Å². The van der Waals surface area contributed by atoms with Crippen molar-refractivity contribution in [2.45, 2.75) is 0 Å². The largest absolute Gasteiger partial charge is 0.383 e. The van der Waals surface area contributed by atoms with E-state index in [9.17, 15) is 10.1 Å². The summed E-state index contributed by atoms with van der Waals surface area (Å²) in [6.45, 7) is 0. The van der Waals surface area contributed by atoms with Gasteiger partial charge in [-0.05, 0) is 5.56 Å². The molecule has 1 heterocycles. The van der Waals surface area contributed by atoms with Crippen molar-refractivity contribution in [1.82, 2.24) is 4.98 Å². The fraction of sp³-hybridized carbons (Fsp3) is 0. The van der Waals surface area contributed by atoms with Crippen LogP contribution in [0, 0.1) is 10.1 Å². The second-order valence-corrected chi connectivity index (χ2v) is 3.25. The van der Waals surface area contributed by atoms with Crippen LogP contribution in [-0.4, -0.2) is 9.91 Å². The molecular weight excluding hydrogens is 206 g/mol. The molecule has 0 radical (unpaired) electrons. The first-order valence-electron chi connectivity index (χ1n) is 4.64. The van der Waals surface area contributed by atoms with E-state index in [1.54, 1.807) is 0 Å². The van der Waals surface area contributed by atoms with Crippen LogP contribution >= 0.6 is 0 Å². The molecule has 0 spiro atoms. The molecule has 0 saturated carbocycles. The Labute approximate surface area is 91.7 Å². The van der Waals surface area contributed by atoms with E-state index in [-0.39, 0.29) is 11.5 Å². The molecule has 0 saturated heterocycles. The Morgan fingerprint density at radius 2 is 1.94 bits per heavy atom. The highest BCUT2D eigenvalue weighted by Gasteiger charge is 2.11. The third kappa shape index (κ3) is 1.83. The molecule has 2 rings (SSSR count). The van der Waals surface area contributed by atoms with E-state index in [0.717, 1.165) is 11.8 Å². The quantitative estimate of drug-likeness (QED) is 0.615. The lowest BCUT2D eigenvalue weighted by Gasteiger charge is -2.03. The molecule has 0 amide bonds. The van der Waals surface area contributed by atoms with Crippen molar-refractivity contribution in [2.24, 2.45) is 0 Å². The van der Waals surface area contributed by atoms with E-state index in [4.69, 9.17) is 5.73 Å². The lowest BCUT2D eigenvalue weighted by Crippen LogP contribution is -1.96. The summed E-state index contributed by atoms with van der Waals surface area (Å²) < 4.78 is 0. The Bertz CT molecular complexity index is 526. The first-order valence-corrected chi connectivity index (χ1v) is 4.64. The molecule has 1 aromatic heterocycles. The Morgan fingerprint density at radius 3 is 2.56 bits per heavy atom. The molecule has 0 aliphatic carbocycles. The third-order valence-corrected chi connectivity index (χ3v) is 2.20. The smallest absolute Gasteiger partial charge is 0.288 e. The molecule has 2 N–H and O–H groups in total. The molecular formula is C11H9N3O2. The molecule has 0 bridgehead atoms. The second kappa shape index (κ2) is 3.98. The zero-order valence-electron chi connectivity index (χ0n) is 8.33. The summed E-state index contributed by atoms with van der Waals surface area (Å²) in [5.74, 6) is 0.289. The maximum absolute atomic E-state index is 10.6. The summed E-state index contributed by atoms with van der Waals surface area (Å²) in [4.78, 5) is 13.9. The maximum Gasteiger partial charge on any atom is 0.288 e. The Kier molecular flexibility index (Phi) is 2.51. The highest BCUT2D eigenvalue weighted by Crippen LogP contribution is 2.27. The normalized spacial score (nSPS) is 10.0. The Hall–Kier alpha value is -2.43. The zero-order valence-corrected chi connectivity index (χ0v) is 8.33. The minimum Gasteiger partial charge on any atom is -0.383 e. The number of hydrogen-bond acceptors (Lipinski definition) is 4. The number of aromatic nitrogens is 1. The van der Waals surface area contributed by atoms with Gasteiger partial charge in [-0.15, -0.1) is 0 Å². The number of anilines is 1. The molecule has 5 heteroatoms. The van der Waals surface area contributed by atoms with Gasteiger partial charge in [0.25, 0.3) is 5.69 Å². The molecule has 0 aliphatic rings. The lowest BCUT2D eigenvalue weighted by atomic mass is 10.1. The summed E-state index contributed by atoms with van der Waals surface area (Å²) in [6, 6.07) is 10.6. The average molecular weight is 215 g/mol. The van der Waals surface area contributed by atoms with Crippen molar-refractivity contribution in [1.29, 1.82) is 0 Å².